The van der Waals surface area contributed by atoms with E-state index < -0.39 is 46.7 Å². The van der Waals surface area contributed by atoms with Gasteiger partial charge in [0.25, 0.3) is 0 Å². The van der Waals surface area contributed by atoms with Crippen LogP contribution in [0.2, 0.25) is 0 Å². The first-order chi connectivity index (χ1) is 11.1. The van der Waals surface area contributed by atoms with Crippen molar-refractivity contribution in [2.75, 3.05) is 18.6 Å². The first-order valence-electron chi connectivity index (χ1n) is 6.86. The normalized spacial score (nSPS) is 17.0. The number of ether oxygens (including phenoxy) is 1. The molecule has 0 aliphatic carbocycles. The number of nitrogens with two attached hydrogens (primary N) is 1. The topological polar surface area (TPSA) is 115 Å². The van der Waals surface area contributed by atoms with Crippen LogP contribution in [0.4, 0.5) is 13.2 Å². The van der Waals surface area contributed by atoms with E-state index in [9.17, 15) is 22.2 Å². The molecular formula is C13H18F3N3O4S. The zero-order valence-electron chi connectivity index (χ0n) is 12.8. The lowest BCUT2D eigenvalue weighted by atomic mass is 9.95. The van der Waals surface area contributed by atoms with Gasteiger partial charge in [-0.2, -0.15) is 13.2 Å². The Kier molecular flexibility index (Phi) is 7.24. The van der Waals surface area contributed by atoms with E-state index >= 15 is 0 Å². The molecule has 1 aromatic heterocycles. The molecule has 0 fully saturated rings. The van der Waals surface area contributed by atoms with Crippen molar-refractivity contribution in [3.8, 4) is 0 Å². The maximum absolute atomic E-state index is 13.5. The van der Waals surface area contributed by atoms with Crippen LogP contribution in [-0.2, 0) is 25.9 Å². The Labute approximate surface area is 138 Å². The molecule has 0 bridgehead atoms. The standard InChI is InChI=1S/C13H18F3N3O4S/c1-23-12(13(14,15)16,10-8-18-4-5-19-10)3-7-24(22)6-2-9(17)11(20)21/h4-5,8-9H,2-3,6-7,17H2,1H3,(H,20,21). The Bertz CT molecular complexity index is 573. The summed E-state index contributed by atoms with van der Waals surface area (Å²) in [7, 11) is -0.791. The van der Waals surface area contributed by atoms with Gasteiger partial charge in [0, 0.05) is 48.2 Å². The number of hydrogen-bond acceptors (Lipinski definition) is 6. The minimum Gasteiger partial charge on any atom is -0.480 e. The van der Waals surface area contributed by atoms with Crippen LogP contribution in [0.3, 0.4) is 0 Å². The van der Waals surface area contributed by atoms with Gasteiger partial charge in [0.05, 0.1) is 11.9 Å². The number of carbonyl (C=O) groups is 1. The molecule has 1 heterocycles. The summed E-state index contributed by atoms with van der Waals surface area (Å²) in [5, 5.41) is 8.64. The van der Waals surface area contributed by atoms with Crippen molar-refractivity contribution in [1.82, 2.24) is 9.97 Å². The third kappa shape index (κ3) is 4.95. The van der Waals surface area contributed by atoms with Gasteiger partial charge in [-0.1, -0.05) is 0 Å². The van der Waals surface area contributed by atoms with Gasteiger partial charge in [-0.15, -0.1) is 0 Å². The van der Waals surface area contributed by atoms with E-state index in [0.29, 0.717) is 0 Å². The second kappa shape index (κ2) is 8.49. The van der Waals surface area contributed by atoms with Crippen LogP contribution in [0.25, 0.3) is 0 Å². The van der Waals surface area contributed by atoms with Crippen LogP contribution in [0.1, 0.15) is 18.5 Å². The van der Waals surface area contributed by atoms with Crippen LogP contribution in [0, 0.1) is 0 Å². The zero-order chi connectivity index (χ0) is 18.4. The van der Waals surface area contributed by atoms with Gasteiger partial charge in [-0.25, -0.2) is 0 Å². The fourth-order valence-electron chi connectivity index (χ4n) is 1.99. The molecule has 0 saturated carbocycles. The maximum atomic E-state index is 13.5. The smallest absolute Gasteiger partial charge is 0.423 e. The molecular weight excluding hydrogens is 351 g/mol. The Hall–Kier alpha value is -1.59. The summed E-state index contributed by atoms with van der Waals surface area (Å²) in [6, 6.07) is -1.20. The highest BCUT2D eigenvalue weighted by atomic mass is 32.2. The second-order valence-corrected chi connectivity index (χ2v) is 6.65. The second-order valence-electron chi connectivity index (χ2n) is 4.95. The van der Waals surface area contributed by atoms with Crippen LogP contribution >= 0.6 is 0 Å². The van der Waals surface area contributed by atoms with Gasteiger partial charge in [-0.05, 0) is 6.42 Å². The Morgan fingerprint density at radius 3 is 2.54 bits per heavy atom. The number of halogens is 3. The van der Waals surface area contributed by atoms with E-state index in [1.54, 1.807) is 0 Å². The highest BCUT2D eigenvalue weighted by molar-refractivity contribution is 7.84. The SMILES string of the molecule is COC(CCS(=O)CCC(N)C(=O)O)(c1cnccn1)C(F)(F)F. The molecule has 3 N–H and O–H groups in total. The van der Waals surface area contributed by atoms with Crippen LogP contribution in [0.15, 0.2) is 18.6 Å². The van der Waals surface area contributed by atoms with E-state index in [1.807, 2.05) is 0 Å². The monoisotopic (exact) mass is 369 g/mol. The van der Waals surface area contributed by atoms with Gasteiger partial charge in [0.1, 0.15) is 6.04 Å². The lowest BCUT2D eigenvalue weighted by molar-refractivity contribution is -0.279. The third-order valence-electron chi connectivity index (χ3n) is 3.44. The average molecular weight is 369 g/mol. The van der Waals surface area contributed by atoms with Crippen LogP contribution in [-0.4, -0.2) is 56.1 Å². The summed E-state index contributed by atoms with van der Waals surface area (Å²) in [4.78, 5) is 17.9. The predicted octanol–water partition coefficient (Wildman–Crippen LogP) is 0.821. The molecule has 24 heavy (non-hydrogen) atoms. The maximum Gasteiger partial charge on any atom is 0.423 e. The molecule has 0 aliphatic heterocycles. The molecule has 0 aliphatic rings. The molecule has 136 valence electrons. The third-order valence-corrected chi connectivity index (χ3v) is 4.79. The Morgan fingerprint density at radius 2 is 2.08 bits per heavy atom. The number of rotatable bonds is 9. The zero-order valence-corrected chi connectivity index (χ0v) is 13.6. The number of carboxylic acids is 1. The molecule has 7 nitrogen and oxygen atoms in total. The van der Waals surface area contributed by atoms with Crippen LogP contribution in [0.5, 0.6) is 0 Å². The fourth-order valence-corrected chi connectivity index (χ4v) is 3.22. The van der Waals surface area contributed by atoms with Crippen molar-refractivity contribution in [3.05, 3.63) is 24.3 Å². The molecule has 0 saturated heterocycles. The van der Waals surface area contributed by atoms with E-state index in [1.165, 1.54) is 6.20 Å². The lowest BCUT2D eigenvalue weighted by Gasteiger charge is -2.33. The van der Waals surface area contributed by atoms with E-state index in [0.717, 1.165) is 19.5 Å². The summed E-state index contributed by atoms with van der Waals surface area (Å²) in [6.45, 7) is 0. The van der Waals surface area contributed by atoms with E-state index in [2.05, 4.69) is 9.97 Å². The highest BCUT2D eigenvalue weighted by Gasteiger charge is 2.57. The van der Waals surface area contributed by atoms with E-state index in [-0.39, 0.29) is 17.9 Å². The number of methoxy groups -OCH3 is 1. The van der Waals surface area contributed by atoms with E-state index in [4.69, 9.17) is 15.6 Å². The number of hydrogen-bond donors (Lipinski definition) is 2. The number of carboxylic acid groups (broad SMARTS) is 1. The molecule has 1 rings (SSSR count). The molecule has 3 unspecified atom stereocenters. The summed E-state index contributed by atoms with van der Waals surface area (Å²) in [5.41, 5.74) is 2.11. The summed E-state index contributed by atoms with van der Waals surface area (Å²) >= 11 is 0. The Morgan fingerprint density at radius 1 is 1.42 bits per heavy atom. The summed E-state index contributed by atoms with van der Waals surface area (Å²) < 4.78 is 57.2. The number of alkyl halides is 3. The lowest BCUT2D eigenvalue weighted by Crippen LogP contribution is -2.46. The molecule has 0 aromatic carbocycles. The minimum absolute atomic E-state index is 0.0981. The summed E-state index contributed by atoms with van der Waals surface area (Å²) in [6.07, 6.45) is -2.25. The highest BCUT2D eigenvalue weighted by Crippen LogP contribution is 2.43. The van der Waals surface area contributed by atoms with Gasteiger partial charge in [0.2, 0.25) is 5.60 Å². The van der Waals surface area contributed by atoms with Crippen molar-refractivity contribution in [2.24, 2.45) is 5.73 Å². The van der Waals surface area contributed by atoms with Crippen molar-refractivity contribution < 1.29 is 32.0 Å². The van der Waals surface area contributed by atoms with Crippen LogP contribution < -0.4 is 5.73 Å². The first kappa shape index (κ1) is 20.5. The quantitative estimate of drug-likeness (QED) is 0.662. The molecule has 0 amide bonds. The van der Waals surface area contributed by atoms with Crippen molar-refractivity contribution in [2.45, 2.75) is 30.7 Å². The number of aromatic nitrogens is 2. The molecule has 0 spiro atoms. The minimum atomic E-state index is -4.79. The fraction of sp³-hybridized carbons (Fsp3) is 0.615. The summed E-state index contributed by atoms with van der Waals surface area (Å²) in [5.74, 6) is -1.73. The molecule has 3 atom stereocenters. The van der Waals surface area contributed by atoms with Gasteiger partial charge >= 0.3 is 12.1 Å². The van der Waals surface area contributed by atoms with Crippen molar-refractivity contribution in [1.29, 1.82) is 0 Å². The first-order valence-corrected chi connectivity index (χ1v) is 8.34. The molecule has 11 heteroatoms. The van der Waals surface area contributed by atoms with Gasteiger partial charge < -0.3 is 15.6 Å². The van der Waals surface area contributed by atoms with Crippen molar-refractivity contribution >= 4 is 16.8 Å². The predicted molar refractivity (Wildman–Crippen MR) is 79.5 cm³/mol. The number of aliphatic carboxylic acids is 1. The number of nitrogens with zero attached hydrogens (tertiary/aromatic N) is 2. The van der Waals surface area contributed by atoms with Gasteiger partial charge in [0.15, 0.2) is 0 Å². The van der Waals surface area contributed by atoms with Crippen molar-refractivity contribution in [3.63, 3.8) is 0 Å². The Balaban J connectivity index is 2.84. The largest absolute Gasteiger partial charge is 0.480 e. The average Bonchev–Trinajstić information content (AvgIpc) is 2.53. The molecule has 1 aromatic rings. The molecule has 0 radical (unpaired) electrons. The van der Waals surface area contributed by atoms with Gasteiger partial charge in [-0.3, -0.25) is 19.0 Å².